The van der Waals surface area contributed by atoms with Crippen molar-refractivity contribution in [2.45, 2.75) is 12.5 Å². The molecule has 1 unspecified atom stereocenters. The lowest BCUT2D eigenvalue weighted by molar-refractivity contribution is -0.500. The molecule has 0 fully saturated rings. The van der Waals surface area contributed by atoms with Gasteiger partial charge in [-0.3, -0.25) is 15.1 Å². The molecule has 0 aromatic heterocycles. The monoisotopic (exact) mass is 114 g/mol. The fraction of sp³-hybridized carbons (Fsp3) is 0.750. The molecule has 0 aromatic carbocycles. The number of rotatable bonds is 1. The van der Waals surface area contributed by atoms with Crippen LogP contribution in [0.2, 0.25) is 0 Å². The quantitative estimate of drug-likeness (QED) is 0.358. The summed E-state index contributed by atoms with van der Waals surface area (Å²) in [6.07, 6.45) is 1.98. The van der Waals surface area contributed by atoms with Crippen molar-refractivity contribution < 1.29 is 4.92 Å². The average Bonchev–Trinajstić information content (AvgIpc) is 2.12. The maximum Gasteiger partial charge on any atom is 0.249 e. The molecule has 0 radical (unpaired) electrons. The molecular formula is C4H6N2O2. The van der Waals surface area contributed by atoms with Gasteiger partial charge in [0.05, 0.1) is 6.21 Å². The predicted molar refractivity (Wildman–Crippen MR) is 28.8 cm³/mol. The van der Waals surface area contributed by atoms with Crippen molar-refractivity contribution in [1.29, 1.82) is 0 Å². The lowest BCUT2D eigenvalue weighted by atomic mass is 10.3. The highest BCUT2D eigenvalue weighted by atomic mass is 16.6. The summed E-state index contributed by atoms with van der Waals surface area (Å²) in [5, 5.41) is 9.92. The van der Waals surface area contributed by atoms with Crippen molar-refractivity contribution in [3.05, 3.63) is 10.1 Å². The van der Waals surface area contributed by atoms with Gasteiger partial charge in [0.2, 0.25) is 6.04 Å². The van der Waals surface area contributed by atoms with Crippen LogP contribution in [0.4, 0.5) is 0 Å². The van der Waals surface area contributed by atoms with E-state index in [2.05, 4.69) is 4.99 Å². The number of nitrogens with zero attached hydrogens (tertiary/aromatic N) is 2. The van der Waals surface area contributed by atoms with E-state index in [1.54, 1.807) is 0 Å². The maximum absolute atomic E-state index is 9.92. The number of aliphatic imine (C=N–C) groups is 1. The van der Waals surface area contributed by atoms with E-state index >= 15 is 0 Å². The van der Waals surface area contributed by atoms with Crippen LogP contribution in [0.15, 0.2) is 4.99 Å². The zero-order chi connectivity index (χ0) is 5.98. The molecule has 1 heterocycles. The van der Waals surface area contributed by atoms with E-state index in [1.807, 2.05) is 0 Å². The Balaban J connectivity index is 2.48. The highest BCUT2D eigenvalue weighted by Gasteiger charge is 2.19. The molecule has 8 heavy (non-hydrogen) atoms. The Labute approximate surface area is 46.4 Å². The Bertz CT molecular complexity index is 132. The molecule has 4 heteroatoms. The van der Waals surface area contributed by atoms with Gasteiger partial charge < -0.3 is 0 Å². The molecule has 0 bridgehead atoms. The molecule has 44 valence electrons. The van der Waals surface area contributed by atoms with Crippen LogP contribution in [0.25, 0.3) is 0 Å². The topological polar surface area (TPSA) is 55.5 Å². The van der Waals surface area contributed by atoms with E-state index in [4.69, 9.17) is 0 Å². The number of hydrogen-bond donors (Lipinski definition) is 0. The zero-order valence-electron chi connectivity index (χ0n) is 4.28. The standard InChI is InChI=1S/C4H6N2O2/c7-6(8)4-1-2-5-3-4/h3-4H,1-2H2. The molecule has 0 aromatic rings. The summed E-state index contributed by atoms with van der Waals surface area (Å²) in [4.78, 5) is 13.3. The fourth-order valence-electron chi connectivity index (χ4n) is 0.637. The first-order valence-corrected chi connectivity index (χ1v) is 2.44. The molecule has 0 saturated heterocycles. The summed E-state index contributed by atoms with van der Waals surface area (Å²) in [5.41, 5.74) is 0. The summed E-state index contributed by atoms with van der Waals surface area (Å²) in [7, 11) is 0. The molecule has 4 nitrogen and oxygen atoms in total. The second-order valence-electron chi connectivity index (χ2n) is 1.70. The molecule has 1 rings (SSSR count). The second-order valence-corrected chi connectivity index (χ2v) is 1.70. The van der Waals surface area contributed by atoms with E-state index in [-0.39, 0.29) is 4.92 Å². The predicted octanol–water partition coefficient (Wildman–Crippen LogP) is 0.106. The van der Waals surface area contributed by atoms with Gasteiger partial charge in [0.1, 0.15) is 0 Å². The first kappa shape index (κ1) is 5.21. The van der Waals surface area contributed by atoms with E-state index in [0.29, 0.717) is 13.0 Å². The normalized spacial score (nSPS) is 26.2. The number of nitro groups is 1. The van der Waals surface area contributed by atoms with Crippen LogP contribution in [0.1, 0.15) is 6.42 Å². The summed E-state index contributed by atoms with van der Waals surface area (Å²) in [6, 6.07) is -0.505. The van der Waals surface area contributed by atoms with E-state index < -0.39 is 6.04 Å². The first-order chi connectivity index (χ1) is 3.80. The molecule has 0 N–H and O–H groups in total. The minimum absolute atomic E-state index is 0.309. The SMILES string of the molecule is O=[N+]([O-])C1C=NCC1. The second kappa shape index (κ2) is 1.90. The Morgan fingerprint density at radius 3 is 2.88 bits per heavy atom. The zero-order valence-corrected chi connectivity index (χ0v) is 4.28. The third-order valence-corrected chi connectivity index (χ3v) is 1.10. The van der Waals surface area contributed by atoms with Crippen molar-refractivity contribution in [3.63, 3.8) is 0 Å². The van der Waals surface area contributed by atoms with Gasteiger partial charge in [0, 0.05) is 17.9 Å². The summed E-state index contributed by atoms with van der Waals surface area (Å²) in [5.74, 6) is 0. The first-order valence-electron chi connectivity index (χ1n) is 2.44. The van der Waals surface area contributed by atoms with Gasteiger partial charge in [-0.1, -0.05) is 0 Å². The largest absolute Gasteiger partial charge is 0.290 e. The molecule has 0 spiro atoms. The average molecular weight is 114 g/mol. The summed E-state index contributed by atoms with van der Waals surface area (Å²) < 4.78 is 0. The van der Waals surface area contributed by atoms with Crippen LogP contribution in [-0.4, -0.2) is 23.7 Å². The van der Waals surface area contributed by atoms with Gasteiger partial charge in [-0.25, -0.2) is 0 Å². The molecule has 0 saturated carbocycles. The molecule has 1 aliphatic rings. The van der Waals surface area contributed by atoms with Gasteiger partial charge in [0.15, 0.2) is 0 Å². The molecule has 0 aliphatic carbocycles. The Kier molecular flexibility index (Phi) is 1.24. The van der Waals surface area contributed by atoms with Crippen LogP contribution in [0.3, 0.4) is 0 Å². The fourth-order valence-corrected chi connectivity index (χ4v) is 0.637. The van der Waals surface area contributed by atoms with Crippen LogP contribution in [0.5, 0.6) is 0 Å². The van der Waals surface area contributed by atoms with Gasteiger partial charge >= 0.3 is 0 Å². The highest BCUT2D eigenvalue weighted by molar-refractivity contribution is 5.64. The highest BCUT2D eigenvalue weighted by Crippen LogP contribution is 2.00. The van der Waals surface area contributed by atoms with Crippen molar-refractivity contribution in [1.82, 2.24) is 0 Å². The minimum Gasteiger partial charge on any atom is -0.290 e. The third kappa shape index (κ3) is 0.828. The summed E-state index contributed by atoms with van der Waals surface area (Å²) in [6.45, 7) is 0.617. The Hall–Kier alpha value is -0.930. The smallest absolute Gasteiger partial charge is 0.249 e. The van der Waals surface area contributed by atoms with Crippen LogP contribution >= 0.6 is 0 Å². The third-order valence-electron chi connectivity index (χ3n) is 1.10. The Morgan fingerprint density at radius 1 is 1.88 bits per heavy atom. The van der Waals surface area contributed by atoms with Crippen molar-refractivity contribution >= 4 is 6.21 Å². The van der Waals surface area contributed by atoms with Crippen LogP contribution < -0.4 is 0 Å². The van der Waals surface area contributed by atoms with Crippen molar-refractivity contribution in [3.8, 4) is 0 Å². The molecule has 1 aliphatic heterocycles. The van der Waals surface area contributed by atoms with Gasteiger partial charge in [-0.2, -0.15) is 0 Å². The molecule has 1 atom stereocenters. The molecule has 0 amide bonds. The van der Waals surface area contributed by atoms with E-state index in [9.17, 15) is 10.1 Å². The Morgan fingerprint density at radius 2 is 2.62 bits per heavy atom. The molecular weight excluding hydrogens is 108 g/mol. The van der Waals surface area contributed by atoms with E-state index in [1.165, 1.54) is 6.21 Å². The maximum atomic E-state index is 9.92. The lowest BCUT2D eigenvalue weighted by Gasteiger charge is -1.91. The van der Waals surface area contributed by atoms with Crippen molar-refractivity contribution in [2.24, 2.45) is 4.99 Å². The van der Waals surface area contributed by atoms with Gasteiger partial charge in [-0.15, -0.1) is 0 Å². The van der Waals surface area contributed by atoms with Gasteiger partial charge in [0.25, 0.3) is 0 Å². The van der Waals surface area contributed by atoms with Gasteiger partial charge in [-0.05, 0) is 0 Å². The van der Waals surface area contributed by atoms with E-state index in [0.717, 1.165) is 0 Å². The summed E-state index contributed by atoms with van der Waals surface area (Å²) >= 11 is 0. The van der Waals surface area contributed by atoms with Crippen LogP contribution in [0, 0.1) is 10.1 Å². The van der Waals surface area contributed by atoms with Crippen LogP contribution in [-0.2, 0) is 0 Å². The number of hydrogen-bond acceptors (Lipinski definition) is 3. The van der Waals surface area contributed by atoms with Crippen molar-refractivity contribution in [2.75, 3.05) is 6.54 Å². The lowest BCUT2D eigenvalue weighted by Crippen LogP contribution is -2.17. The minimum atomic E-state index is -0.505.